The molecule has 9 aromatic carbocycles. The maximum absolute atomic E-state index is 4.95. The van der Waals surface area contributed by atoms with Gasteiger partial charge in [-0.1, -0.05) is 153 Å². The lowest BCUT2D eigenvalue weighted by Gasteiger charge is -2.19. The van der Waals surface area contributed by atoms with Gasteiger partial charge in [0.1, 0.15) is 5.82 Å². The zero-order valence-electron chi connectivity index (χ0n) is 29.5. The summed E-state index contributed by atoms with van der Waals surface area (Å²) in [5, 5.41) is 7.48. The predicted molar refractivity (Wildman–Crippen MR) is 225 cm³/mol. The maximum atomic E-state index is 4.95. The fourth-order valence-electron chi connectivity index (χ4n) is 8.21. The molecule has 0 atom stereocenters. The Bertz CT molecular complexity index is 2970. The highest BCUT2D eigenvalue weighted by molar-refractivity contribution is 6.22. The second-order valence-electron chi connectivity index (χ2n) is 13.8. The number of para-hydroxylation sites is 2. The first kappa shape index (κ1) is 31.0. The van der Waals surface area contributed by atoms with E-state index in [2.05, 4.69) is 200 Å². The number of rotatable bonds is 6. The molecule has 2 heteroatoms. The van der Waals surface area contributed by atoms with E-state index in [1.807, 2.05) is 0 Å². The topological polar surface area (TPSA) is 17.8 Å². The SMILES string of the molecule is CCc1nc2ccccc2n1-c1ccc(-c2c3ccccc3c(-c3ccc4ccccc4c3)c3ccc(-c4cccc(-c5ccccc5)c4)cc23)cc1. The highest BCUT2D eigenvalue weighted by atomic mass is 15.1. The van der Waals surface area contributed by atoms with Gasteiger partial charge in [-0.05, 0) is 119 Å². The van der Waals surface area contributed by atoms with Crippen LogP contribution in [0.3, 0.4) is 0 Å². The number of nitrogens with zero attached hydrogens (tertiary/aromatic N) is 2. The highest BCUT2D eigenvalue weighted by Gasteiger charge is 2.19. The Balaban J connectivity index is 1.22. The average Bonchev–Trinajstić information content (AvgIpc) is 3.62. The third kappa shape index (κ3) is 5.30. The van der Waals surface area contributed by atoms with Crippen LogP contribution < -0.4 is 0 Å². The zero-order chi connectivity index (χ0) is 35.3. The van der Waals surface area contributed by atoms with Crippen LogP contribution in [0.4, 0.5) is 0 Å². The summed E-state index contributed by atoms with van der Waals surface area (Å²) in [6.45, 7) is 2.18. The second-order valence-corrected chi connectivity index (χ2v) is 13.8. The minimum Gasteiger partial charge on any atom is -0.296 e. The van der Waals surface area contributed by atoms with Crippen LogP contribution in [0.25, 0.3) is 93.5 Å². The lowest BCUT2D eigenvalue weighted by molar-refractivity contribution is 0.908. The van der Waals surface area contributed by atoms with Crippen molar-refractivity contribution in [1.29, 1.82) is 0 Å². The van der Waals surface area contributed by atoms with Gasteiger partial charge in [0, 0.05) is 12.1 Å². The Morgan fingerprint density at radius 1 is 0.396 bits per heavy atom. The number of hydrogen-bond donors (Lipinski definition) is 0. The van der Waals surface area contributed by atoms with Crippen molar-refractivity contribution in [3.05, 3.63) is 194 Å². The molecule has 0 unspecified atom stereocenters. The summed E-state index contributed by atoms with van der Waals surface area (Å²) in [5.41, 5.74) is 13.1. The Morgan fingerprint density at radius 2 is 0.981 bits per heavy atom. The van der Waals surface area contributed by atoms with Gasteiger partial charge < -0.3 is 0 Å². The van der Waals surface area contributed by atoms with Gasteiger partial charge in [-0.3, -0.25) is 4.57 Å². The number of aryl methyl sites for hydroxylation is 1. The molecule has 0 amide bonds. The lowest BCUT2D eigenvalue weighted by atomic mass is 9.84. The molecule has 10 rings (SSSR count). The summed E-state index contributed by atoms with van der Waals surface area (Å²) in [6, 6.07) is 68.6. The molecule has 0 spiro atoms. The monoisotopic (exact) mass is 676 g/mol. The standard InChI is InChI=1S/C51H36N2/c1-2-49-52-47-21-10-11-22-48(47)53(49)42-28-25-36(26-29-42)50-43-19-8-9-20-44(43)51(41-24-23-35-15-6-7-16-37(35)32-41)45-30-27-40(33-46(45)50)39-18-12-17-38(31-39)34-13-4-3-5-14-34/h3-33H,2H2,1H3. The molecule has 0 fully saturated rings. The summed E-state index contributed by atoms with van der Waals surface area (Å²) in [6.07, 6.45) is 0.857. The summed E-state index contributed by atoms with van der Waals surface area (Å²) in [5.74, 6) is 1.07. The lowest BCUT2D eigenvalue weighted by Crippen LogP contribution is -2.00. The minimum absolute atomic E-state index is 0.857. The van der Waals surface area contributed by atoms with Crippen molar-refractivity contribution >= 4 is 43.4 Å². The van der Waals surface area contributed by atoms with Gasteiger partial charge in [-0.2, -0.15) is 0 Å². The largest absolute Gasteiger partial charge is 0.296 e. The summed E-state index contributed by atoms with van der Waals surface area (Å²) in [4.78, 5) is 4.95. The Hall–Kier alpha value is -6.77. The van der Waals surface area contributed by atoms with E-state index in [4.69, 9.17) is 4.98 Å². The van der Waals surface area contributed by atoms with Crippen LogP contribution in [0.2, 0.25) is 0 Å². The molecule has 0 aliphatic rings. The van der Waals surface area contributed by atoms with Crippen molar-refractivity contribution in [3.63, 3.8) is 0 Å². The van der Waals surface area contributed by atoms with Crippen LogP contribution in [0.5, 0.6) is 0 Å². The van der Waals surface area contributed by atoms with Gasteiger partial charge >= 0.3 is 0 Å². The van der Waals surface area contributed by atoms with Gasteiger partial charge in [0.05, 0.1) is 11.0 Å². The molecule has 0 bridgehead atoms. The summed E-state index contributed by atoms with van der Waals surface area (Å²) in [7, 11) is 0. The molecular weight excluding hydrogens is 641 g/mol. The summed E-state index contributed by atoms with van der Waals surface area (Å²) < 4.78 is 2.30. The van der Waals surface area contributed by atoms with E-state index >= 15 is 0 Å². The Labute approximate surface area is 309 Å². The summed E-state index contributed by atoms with van der Waals surface area (Å²) >= 11 is 0. The molecule has 0 radical (unpaired) electrons. The first-order valence-corrected chi connectivity index (χ1v) is 18.4. The van der Waals surface area contributed by atoms with E-state index in [1.54, 1.807) is 0 Å². The van der Waals surface area contributed by atoms with Gasteiger partial charge in [0.2, 0.25) is 0 Å². The molecule has 0 saturated heterocycles. The van der Waals surface area contributed by atoms with Crippen LogP contribution in [0.15, 0.2) is 188 Å². The fourth-order valence-corrected chi connectivity index (χ4v) is 8.21. The fraction of sp³-hybridized carbons (Fsp3) is 0.0392. The van der Waals surface area contributed by atoms with E-state index < -0.39 is 0 Å². The van der Waals surface area contributed by atoms with Crippen LogP contribution in [0.1, 0.15) is 12.7 Å². The molecule has 1 heterocycles. The van der Waals surface area contributed by atoms with Crippen LogP contribution in [-0.2, 0) is 6.42 Å². The quantitative estimate of drug-likeness (QED) is 0.160. The Kier molecular flexibility index (Phi) is 7.47. The molecule has 250 valence electrons. The molecule has 0 aliphatic heterocycles. The number of fused-ring (bicyclic) bond motifs is 4. The second kappa shape index (κ2) is 12.8. The first-order chi connectivity index (χ1) is 26.2. The normalized spacial score (nSPS) is 11.6. The molecule has 0 aliphatic carbocycles. The van der Waals surface area contributed by atoms with Gasteiger partial charge in [0.15, 0.2) is 0 Å². The minimum atomic E-state index is 0.857. The van der Waals surface area contributed by atoms with E-state index in [0.29, 0.717) is 0 Å². The van der Waals surface area contributed by atoms with Crippen molar-refractivity contribution in [2.24, 2.45) is 0 Å². The van der Waals surface area contributed by atoms with E-state index in [-0.39, 0.29) is 0 Å². The predicted octanol–water partition coefficient (Wildman–Crippen LogP) is 13.7. The first-order valence-electron chi connectivity index (χ1n) is 18.4. The maximum Gasteiger partial charge on any atom is 0.114 e. The zero-order valence-corrected chi connectivity index (χ0v) is 29.5. The number of imidazole rings is 1. The van der Waals surface area contributed by atoms with Gasteiger partial charge in [-0.15, -0.1) is 0 Å². The number of benzene rings is 9. The molecular formula is C51H36N2. The molecule has 1 aromatic heterocycles. The van der Waals surface area contributed by atoms with E-state index in [0.717, 1.165) is 29.0 Å². The number of aromatic nitrogens is 2. The molecule has 10 aromatic rings. The molecule has 53 heavy (non-hydrogen) atoms. The smallest absolute Gasteiger partial charge is 0.114 e. The number of hydrogen-bond acceptors (Lipinski definition) is 1. The molecule has 0 N–H and O–H groups in total. The average molecular weight is 677 g/mol. The van der Waals surface area contributed by atoms with E-state index in [9.17, 15) is 0 Å². The van der Waals surface area contributed by atoms with Crippen LogP contribution >= 0.6 is 0 Å². The van der Waals surface area contributed by atoms with Gasteiger partial charge in [-0.25, -0.2) is 4.98 Å². The van der Waals surface area contributed by atoms with Crippen molar-refractivity contribution in [3.8, 4) is 50.2 Å². The van der Waals surface area contributed by atoms with Crippen LogP contribution in [0, 0.1) is 0 Å². The van der Waals surface area contributed by atoms with E-state index in [1.165, 1.54) is 76.8 Å². The molecule has 0 saturated carbocycles. The molecule has 2 nitrogen and oxygen atoms in total. The van der Waals surface area contributed by atoms with Crippen LogP contribution in [-0.4, -0.2) is 9.55 Å². The highest BCUT2D eigenvalue weighted by Crippen LogP contribution is 2.45. The third-order valence-electron chi connectivity index (χ3n) is 10.7. The van der Waals surface area contributed by atoms with Crippen molar-refractivity contribution in [1.82, 2.24) is 9.55 Å². The van der Waals surface area contributed by atoms with Gasteiger partial charge in [0.25, 0.3) is 0 Å². The van der Waals surface area contributed by atoms with Crippen molar-refractivity contribution < 1.29 is 0 Å². The third-order valence-corrected chi connectivity index (χ3v) is 10.7. The van der Waals surface area contributed by atoms with Crippen molar-refractivity contribution in [2.45, 2.75) is 13.3 Å². The Morgan fingerprint density at radius 3 is 1.77 bits per heavy atom. The van der Waals surface area contributed by atoms with Crippen molar-refractivity contribution in [2.75, 3.05) is 0 Å².